The Morgan fingerprint density at radius 3 is 2.81 bits per heavy atom. The van der Waals surface area contributed by atoms with Crippen LogP contribution < -0.4 is 0 Å². The molecule has 3 rings (SSSR count). The number of methoxy groups -OCH3 is 1. The van der Waals surface area contributed by atoms with Crippen molar-refractivity contribution in [2.24, 2.45) is 0 Å². The third-order valence-electron chi connectivity index (χ3n) is 5.38. The summed E-state index contributed by atoms with van der Waals surface area (Å²) in [6.45, 7) is 0.880. The summed E-state index contributed by atoms with van der Waals surface area (Å²) in [4.78, 5) is 12.2. The second-order valence-corrected chi connectivity index (χ2v) is 11.1. The first-order valence-electron chi connectivity index (χ1n) is 10.5. The molecule has 32 heavy (non-hydrogen) atoms. The number of sulfonamides is 1. The molecule has 1 saturated heterocycles. The Kier molecular flexibility index (Phi) is 8.61. The highest BCUT2D eigenvalue weighted by atomic mass is 32.2. The first kappa shape index (κ1) is 24.6. The van der Waals surface area contributed by atoms with Gasteiger partial charge in [0.2, 0.25) is 10.0 Å². The van der Waals surface area contributed by atoms with E-state index < -0.39 is 22.1 Å². The van der Waals surface area contributed by atoms with Crippen molar-refractivity contribution in [2.75, 3.05) is 19.4 Å². The number of rotatable bonds is 11. The summed E-state index contributed by atoms with van der Waals surface area (Å²) in [5, 5.41) is 19.5. The molecule has 1 aliphatic rings. The minimum Gasteiger partial charge on any atom is -0.477 e. The van der Waals surface area contributed by atoms with E-state index in [0.717, 1.165) is 16.0 Å². The maximum absolute atomic E-state index is 12.5. The van der Waals surface area contributed by atoms with Gasteiger partial charge in [0.05, 0.1) is 18.5 Å². The van der Waals surface area contributed by atoms with Crippen LogP contribution in [-0.4, -0.2) is 60.5 Å². The fourth-order valence-electron chi connectivity index (χ4n) is 3.85. The van der Waals surface area contributed by atoms with Crippen molar-refractivity contribution in [3.8, 4) is 0 Å². The lowest BCUT2D eigenvalue weighted by atomic mass is 10.0. The molecule has 0 radical (unpaired) electrons. The average molecular weight is 480 g/mol. The number of nitrogens with zero attached hydrogens (tertiary/aromatic N) is 1. The van der Waals surface area contributed by atoms with E-state index in [-0.39, 0.29) is 16.7 Å². The van der Waals surface area contributed by atoms with E-state index in [2.05, 4.69) is 0 Å². The number of carboxylic acid groups (broad SMARTS) is 1. The van der Waals surface area contributed by atoms with Gasteiger partial charge in [-0.3, -0.25) is 0 Å². The molecule has 2 heterocycles. The van der Waals surface area contributed by atoms with Crippen molar-refractivity contribution in [3.63, 3.8) is 0 Å². The van der Waals surface area contributed by atoms with Crippen molar-refractivity contribution in [3.05, 3.63) is 69.4 Å². The van der Waals surface area contributed by atoms with Gasteiger partial charge in [-0.2, -0.15) is 4.31 Å². The Labute approximate surface area is 193 Å². The van der Waals surface area contributed by atoms with E-state index in [0.29, 0.717) is 38.8 Å². The van der Waals surface area contributed by atoms with Crippen LogP contribution in [0.15, 0.2) is 48.6 Å². The lowest BCUT2D eigenvalue weighted by Crippen LogP contribution is -2.33. The summed E-state index contributed by atoms with van der Waals surface area (Å²) in [7, 11) is -1.68. The van der Waals surface area contributed by atoms with Crippen molar-refractivity contribution in [1.82, 2.24) is 4.31 Å². The summed E-state index contributed by atoms with van der Waals surface area (Å²) >= 11 is 1.22. The molecule has 1 fully saturated rings. The molecule has 2 N–H and O–H groups in total. The number of aromatic carboxylic acids is 1. The molecule has 0 amide bonds. The molecular formula is C23H29NO6S2. The standard InChI is InChI=1S/C23H29NO6S2/c1-30-16-18-5-2-4-17(14-18)15-20(25)8-7-19-11-13-32(28,29)24(19)12-3-6-21-9-10-22(31-21)23(26)27/h2,4-5,7-10,14,19-20,25H,3,6,11-13,15-16H2,1H3,(H,26,27)/b8-7+/t19-,20?/m0/s1. The van der Waals surface area contributed by atoms with E-state index in [1.807, 2.05) is 24.3 Å². The summed E-state index contributed by atoms with van der Waals surface area (Å²) in [5.74, 6) is -0.850. The Morgan fingerprint density at radius 2 is 2.09 bits per heavy atom. The van der Waals surface area contributed by atoms with E-state index in [9.17, 15) is 18.3 Å². The van der Waals surface area contributed by atoms with Gasteiger partial charge < -0.3 is 14.9 Å². The van der Waals surface area contributed by atoms with E-state index in [4.69, 9.17) is 9.84 Å². The molecule has 0 bridgehead atoms. The van der Waals surface area contributed by atoms with Crippen LogP contribution in [0.4, 0.5) is 0 Å². The highest BCUT2D eigenvalue weighted by Gasteiger charge is 2.35. The van der Waals surface area contributed by atoms with Gasteiger partial charge in [0.1, 0.15) is 4.88 Å². The van der Waals surface area contributed by atoms with Crippen LogP contribution in [0.1, 0.15) is 38.5 Å². The molecule has 9 heteroatoms. The van der Waals surface area contributed by atoms with Gasteiger partial charge in [0, 0.05) is 31.0 Å². The lowest BCUT2D eigenvalue weighted by Gasteiger charge is -2.20. The molecule has 0 saturated carbocycles. The molecular weight excluding hydrogens is 450 g/mol. The zero-order chi connectivity index (χ0) is 23.1. The smallest absolute Gasteiger partial charge is 0.345 e. The third kappa shape index (κ3) is 6.73. The molecule has 1 aromatic heterocycles. The fraction of sp³-hybridized carbons (Fsp3) is 0.435. The Hall–Kier alpha value is -2.04. The zero-order valence-corrected chi connectivity index (χ0v) is 19.6. The van der Waals surface area contributed by atoms with Gasteiger partial charge in [-0.25, -0.2) is 13.2 Å². The van der Waals surface area contributed by atoms with E-state index in [1.54, 1.807) is 31.4 Å². The molecule has 0 aliphatic carbocycles. The van der Waals surface area contributed by atoms with Crippen LogP contribution in [0.5, 0.6) is 0 Å². The maximum Gasteiger partial charge on any atom is 0.345 e. The molecule has 174 valence electrons. The first-order valence-corrected chi connectivity index (χ1v) is 13.0. The average Bonchev–Trinajstić information content (AvgIpc) is 3.32. The van der Waals surface area contributed by atoms with Crippen LogP contribution >= 0.6 is 11.3 Å². The van der Waals surface area contributed by atoms with Crippen LogP contribution in [-0.2, 0) is 34.2 Å². The van der Waals surface area contributed by atoms with Crippen molar-refractivity contribution < 1.29 is 28.2 Å². The van der Waals surface area contributed by atoms with Gasteiger partial charge in [0.25, 0.3) is 0 Å². The summed E-state index contributed by atoms with van der Waals surface area (Å²) in [6.07, 6.45) is 4.94. The largest absolute Gasteiger partial charge is 0.477 e. The van der Waals surface area contributed by atoms with E-state index in [1.165, 1.54) is 15.6 Å². The molecule has 7 nitrogen and oxygen atoms in total. The minimum absolute atomic E-state index is 0.0966. The number of aliphatic hydroxyl groups is 1. The molecule has 1 unspecified atom stereocenters. The lowest BCUT2D eigenvalue weighted by molar-refractivity contribution is 0.0702. The van der Waals surface area contributed by atoms with Crippen LogP contribution in [0.3, 0.4) is 0 Å². The number of ether oxygens (including phenoxy) is 1. The molecule has 2 aromatic rings. The summed E-state index contributed by atoms with van der Waals surface area (Å²) in [6, 6.07) is 10.9. The predicted molar refractivity (Wildman–Crippen MR) is 125 cm³/mol. The second kappa shape index (κ2) is 11.2. The fourth-order valence-corrected chi connectivity index (χ4v) is 6.51. The van der Waals surface area contributed by atoms with Gasteiger partial charge >= 0.3 is 5.97 Å². The van der Waals surface area contributed by atoms with E-state index >= 15 is 0 Å². The van der Waals surface area contributed by atoms with Crippen LogP contribution in [0, 0.1) is 0 Å². The number of carboxylic acids is 1. The van der Waals surface area contributed by atoms with Gasteiger partial charge in [-0.15, -0.1) is 11.3 Å². The summed E-state index contributed by atoms with van der Waals surface area (Å²) < 4.78 is 31.6. The normalized spacial score (nSPS) is 19.5. The Morgan fingerprint density at radius 1 is 1.31 bits per heavy atom. The Bertz CT molecular complexity index is 1050. The number of carbonyl (C=O) groups is 1. The predicted octanol–water partition coefficient (Wildman–Crippen LogP) is 3.09. The molecule has 1 aliphatic heterocycles. The second-order valence-electron chi connectivity index (χ2n) is 7.87. The van der Waals surface area contributed by atoms with Gasteiger partial charge in [-0.1, -0.05) is 36.4 Å². The SMILES string of the molecule is COCc1cccc(CC(O)/C=C/[C@H]2CCS(=O)(=O)N2CCCc2ccc(C(=O)O)s2)c1. The van der Waals surface area contributed by atoms with Crippen molar-refractivity contribution in [1.29, 1.82) is 0 Å². The van der Waals surface area contributed by atoms with Crippen molar-refractivity contribution >= 4 is 27.3 Å². The maximum atomic E-state index is 12.5. The van der Waals surface area contributed by atoms with Gasteiger partial charge in [-0.05, 0) is 42.5 Å². The number of hydrogen-bond donors (Lipinski definition) is 2. The topological polar surface area (TPSA) is 104 Å². The van der Waals surface area contributed by atoms with Crippen molar-refractivity contribution in [2.45, 2.75) is 44.4 Å². The van der Waals surface area contributed by atoms with Gasteiger partial charge in [0.15, 0.2) is 0 Å². The number of hydrogen-bond acceptors (Lipinski definition) is 6. The highest BCUT2D eigenvalue weighted by Crippen LogP contribution is 2.24. The van der Waals surface area contributed by atoms with Crippen LogP contribution in [0.2, 0.25) is 0 Å². The number of benzene rings is 1. The number of thiophene rings is 1. The number of aryl methyl sites for hydroxylation is 1. The third-order valence-corrected chi connectivity index (χ3v) is 8.43. The van der Waals surface area contributed by atoms with Crippen LogP contribution in [0.25, 0.3) is 0 Å². The Balaban J connectivity index is 1.56. The zero-order valence-electron chi connectivity index (χ0n) is 18.0. The highest BCUT2D eigenvalue weighted by molar-refractivity contribution is 7.89. The summed E-state index contributed by atoms with van der Waals surface area (Å²) in [5.41, 5.74) is 2.03. The first-order chi connectivity index (χ1) is 15.3. The molecule has 2 atom stereocenters. The monoisotopic (exact) mass is 479 g/mol. The quantitative estimate of drug-likeness (QED) is 0.480. The number of aliphatic hydroxyl groups excluding tert-OH is 1. The molecule has 0 spiro atoms. The molecule has 1 aromatic carbocycles. The minimum atomic E-state index is -3.32.